The molecular weight excluding hydrogens is 306 g/mol. The molecule has 0 fully saturated rings. The Bertz CT molecular complexity index is 1050. The van der Waals surface area contributed by atoms with Gasteiger partial charge in [0.25, 0.3) is 0 Å². The zero-order valence-corrected chi connectivity index (χ0v) is 15.3. The summed E-state index contributed by atoms with van der Waals surface area (Å²) < 4.78 is 6.24. The summed E-state index contributed by atoms with van der Waals surface area (Å²) in [6.07, 6.45) is 2.97. The Morgan fingerprint density at radius 2 is 1.76 bits per heavy atom. The van der Waals surface area contributed by atoms with Crippen molar-refractivity contribution < 1.29 is 4.42 Å². The summed E-state index contributed by atoms with van der Waals surface area (Å²) in [5, 5.41) is 2.40. The number of rotatable bonds is 2. The van der Waals surface area contributed by atoms with Crippen molar-refractivity contribution in [3.05, 3.63) is 65.9 Å². The molecule has 0 aliphatic rings. The van der Waals surface area contributed by atoms with Gasteiger partial charge in [0.05, 0.1) is 5.69 Å². The van der Waals surface area contributed by atoms with Crippen molar-refractivity contribution in [2.45, 2.75) is 39.5 Å². The first kappa shape index (κ1) is 15.9. The first-order chi connectivity index (χ1) is 12.0. The monoisotopic (exact) mass is 329 g/mol. The lowest BCUT2D eigenvalue weighted by atomic mass is 9.88. The molecule has 4 aromatic rings. The van der Waals surface area contributed by atoms with Gasteiger partial charge in [-0.15, -0.1) is 0 Å². The predicted octanol–water partition coefficient (Wildman–Crippen LogP) is 6.51. The highest BCUT2D eigenvalue weighted by Gasteiger charge is 2.17. The van der Waals surface area contributed by atoms with Crippen LogP contribution in [0.3, 0.4) is 0 Å². The van der Waals surface area contributed by atoms with Gasteiger partial charge in [-0.1, -0.05) is 58.0 Å². The molecule has 2 aromatic heterocycles. The Morgan fingerprint density at radius 3 is 2.44 bits per heavy atom. The molecule has 25 heavy (non-hydrogen) atoms. The van der Waals surface area contributed by atoms with Crippen molar-refractivity contribution >= 4 is 21.9 Å². The standard InChI is InChI=1S/C23H23NO/c1-5-15-10-12-17(19-13-11-16(14-24-19)23(2,3)4)22-21(15)18-8-6-7-9-20(18)25-22/h6-14H,5H2,1-4H3. The lowest BCUT2D eigenvalue weighted by molar-refractivity contribution is 0.587. The van der Waals surface area contributed by atoms with E-state index in [1.165, 1.54) is 21.9 Å². The number of hydrogen-bond acceptors (Lipinski definition) is 2. The van der Waals surface area contributed by atoms with Gasteiger partial charge in [0.2, 0.25) is 0 Å². The molecule has 0 amide bonds. The van der Waals surface area contributed by atoms with Gasteiger partial charge in [-0.2, -0.15) is 0 Å². The fraction of sp³-hybridized carbons (Fsp3) is 0.261. The number of para-hydroxylation sites is 1. The lowest BCUT2D eigenvalue weighted by Gasteiger charge is -2.18. The van der Waals surface area contributed by atoms with E-state index in [-0.39, 0.29) is 5.41 Å². The second-order valence-electron chi connectivity index (χ2n) is 7.61. The molecule has 0 saturated carbocycles. The zero-order chi connectivity index (χ0) is 17.6. The third-order valence-electron chi connectivity index (χ3n) is 4.90. The minimum atomic E-state index is 0.103. The molecule has 4 rings (SSSR count). The molecule has 2 aromatic carbocycles. The topological polar surface area (TPSA) is 26.0 Å². The van der Waals surface area contributed by atoms with Crippen LogP contribution in [0, 0.1) is 0 Å². The van der Waals surface area contributed by atoms with Crippen LogP contribution in [0.5, 0.6) is 0 Å². The number of aromatic nitrogens is 1. The summed E-state index contributed by atoms with van der Waals surface area (Å²) in [5.41, 5.74) is 6.55. The van der Waals surface area contributed by atoms with Crippen molar-refractivity contribution in [2.75, 3.05) is 0 Å². The van der Waals surface area contributed by atoms with E-state index in [0.29, 0.717) is 0 Å². The van der Waals surface area contributed by atoms with Gasteiger partial charge in [-0.25, -0.2) is 0 Å². The maximum Gasteiger partial charge on any atom is 0.145 e. The number of hydrogen-bond donors (Lipinski definition) is 0. The SMILES string of the molecule is CCc1ccc(-c2ccc(C(C)(C)C)cn2)c2oc3ccccc3c12. The Morgan fingerprint density at radius 1 is 0.960 bits per heavy atom. The van der Waals surface area contributed by atoms with Crippen molar-refractivity contribution in [3.63, 3.8) is 0 Å². The molecule has 0 bridgehead atoms. The Balaban J connectivity index is 1.96. The molecule has 0 unspecified atom stereocenters. The minimum Gasteiger partial charge on any atom is -0.455 e. The molecule has 2 heterocycles. The quantitative estimate of drug-likeness (QED) is 0.419. The molecule has 0 atom stereocenters. The Hall–Kier alpha value is -2.61. The van der Waals surface area contributed by atoms with E-state index in [2.05, 4.69) is 64.1 Å². The number of aryl methyl sites for hydroxylation is 1. The van der Waals surface area contributed by atoms with E-state index in [1.54, 1.807) is 0 Å². The molecule has 0 aliphatic heterocycles. The fourth-order valence-electron chi connectivity index (χ4n) is 3.39. The van der Waals surface area contributed by atoms with E-state index >= 15 is 0 Å². The van der Waals surface area contributed by atoms with Gasteiger partial charge in [-0.3, -0.25) is 4.98 Å². The van der Waals surface area contributed by atoms with Crippen LogP contribution in [0.2, 0.25) is 0 Å². The molecule has 0 spiro atoms. The average molecular weight is 329 g/mol. The molecule has 2 nitrogen and oxygen atoms in total. The molecule has 0 aliphatic carbocycles. The first-order valence-corrected chi connectivity index (χ1v) is 8.89. The van der Waals surface area contributed by atoms with Gasteiger partial charge in [0.1, 0.15) is 11.2 Å². The normalized spacial score (nSPS) is 12.2. The number of benzene rings is 2. The minimum absolute atomic E-state index is 0.103. The van der Waals surface area contributed by atoms with Crippen molar-refractivity contribution in [1.29, 1.82) is 0 Å². The summed E-state index contributed by atoms with van der Waals surface area (Å²) in [6.45, 7) is 8.80. The zero-order valence-electron chi connectivity index (χ0n) is 15.3. The van der Waals surface area contributed by atoms with E-state index in [1.807, 2.05) is 18.3 Å². The van der Waals surface area contributed by atoms with Gasteiger partial charge in [-0.05, 0) is 41.2 Å². The van der Waals surface area contributed by atoms with Crippen molar-refractivity contribution in [2.24, 2.45) is 0 Å². The molecule has 0 saturated heterocycles. The summed E-state index contributed by atoms with van der Waals surface area (Å²) in [6, 6.07) is 16.9. The summed E-state index contributed by atoms with van der Waals surface area (Å²) in [7, 11) is 0. The van der Waals surface area contributed by atoms with Crippen molar-refractivity contribution in [1.82, 2.24) is 4.98 Å². The number of pyridine rings is 1. The summed E-state index contributed by atoms with van der Waals surface area (Å²) in [5.74, 6) is 0. The highest BCUT2D eigenvalue weighted by molar-refractivity contribution is 6.11. The summed E-state index contributed by atoms with van der Waals surface area (Å²) >= 11 is 0. The molecule has 2 heteroatoms. The average Bonchev–Trinajstić information content (AvgIpc) is 3.00. The molecule has 0 radical (unpaired) electrons. The second kappa shape index (κ2) is 5.73. The number of furan rings is 1. The van der Waals surface area contributed by atoms with Crippen LogP contribution in [-0.2, 0) is 11.8 Å². The van der Waals surface area contributed by atoms with Gasteiger partial charge in [0, 0.05) is 22.5 Å². The number of fused-ring (bicyclic) bond motifs is 3. The predicted molar refractivity (Wildman–Crippen MR) is 105 cm³/mol. The molecule has 0 N–H and O–H groups in total. The van der Waals surface area contributed by atoms with Crippen LogP contribution in [0.4, 0.5) is 0 Å². The molecule has 126 valence electrons. The lowest BCUT2D eigenvalue weighted by Crippen LogP contribution is -2.11. The van der Waals surface area contributed by atoms with E-state index in [9.17, 15) is 0 Å². The highest BCUT2D eigenvalue weighted by atomic mass is 16.3. The second-order valence-corrected chi connectivity index (χ2v) is 7.61. The highest BCUT2D eigenvalue weighted by Crippen LogP contribution is 2.37. The largest absolute Gasteiger partial charge is 0.455 e. The van der Waals surface area contributed by atoms with Gasteiger partial charge >= 0.3 is 0 Å². The van der Waals surface area contributed by atoms with E-state index in [4.69, 9.17) is 9.40 Å². The maximum absolute atomic E-state index is 6.24. The first-order valence-electron chi connectivity index (χ1n) is 8.89. The van der Waals surface area contributed by atoms with Gasteiger partial charge in [0.15, 0.2) is 0 Å². The van der Waals surface area contributed by atoms with Crippen LogP contribution in [0.15, 0.2) is 59.1 Å². The summed E-state index contributed by atoms with van der Waals surface area (Å²) in [4.78, 5) is 4.73. The van der Waals surface area contributed by atoms with Crippen LogP contribution in [0.25, 0.3) is 33.2 Å². The Kier molecular flexibility index (Phi) is 3.64. The smallest absolute Gasteiger partial charge is 0.145 e. The van der Waals surface area contributed by atoms with Crippen molar-refractivity contribution in [3.8, 4) is 11.3 Å². The van der Waals surface area contributed by atoms with E-state index < -0.39 is 0 Å². The van der Waals surface area contributed by atoms with Crippen LogP contribution in [0.1, 0.15) is 38.8 Å². The molecular formula is C23H23NO. The van der Waals surface area contributed by atoms with E-state index in [0.717, 1.165) is 28.8 Å². The Labute approximate surface area is 148 Å². The fourth-order valence-corrected chi connectivity index (χ4v) is 3.39. The third-order valence-corrected chi connectivity index (χ3v) is 4.90. The third kappa shape index (κ3) is 2.62. The number of nitrogens with zero attached hydrogens (tertiary/aromatic N) is 1. The van der Waals surface area contributed by atoms with Gasteiger partial charge < -0.3 is 4.42 Å². The van der Waals surface area contributed by atoms with Crippen LogP contribution >= 0.6 is 0 Å². The van der Waals surface area contributed by atoms with Crippen LogP contribution in [-0.4, -0.2) is 4.98 Å². The van der Waals surface area contributed by atoms with Crippen LogP contribution < -0.4 is 0 Å². The maximum atomic E-state index is 6.24.